The monoisotopic (exact) mass is 737 g/mol. The zero-order valence-corrected chi connectivity index (χ0v) is 30.4. The van der Waals surface area contributed by atoms with Gasteiger partial charge in [-0.05, 0) is 57.0 Å². The summed E-state index contributed by atoms with van der Waals surface area (Å²) in [4.78, 5) is 39.1. The molecule has 3 aliphatic heterocycles. The fourth-order valence-corrected chi connectivity index (χ4v) is 8.11. The number of hydrogen-bond donors (Lipinski definition) is 2. The van der Waals surface area contributed by atoms with Gasteiger partial charge in [0.25, 0.3) is 0 Å². The van der Waals surface area contributed by atoms with E-state index in [0.29, 0.717) is 59.5 Å². The maximum absolute atomic E-state index is 15.5. The molecule has 3 aliphatic rings. The molecule has 4 aromatic rings. The minimum atomic E-state index is -0.790. The van der Waals surface area contributed by atoms with Crippen molar-refractivity contribution in [2.45, 2.75) is 58.2 Å². The topological polar surface area (TPSA) is 151 Å². The number of thiophene rings is 1. The minimum absolute atomic E-state index is 0.0358. The summed E-state index contributed by atoms with van der Waals surface area (Å²) in [6.45, 7) is 8.37. The van der Waals surface area contributed by atoms with Gasteiger partial charge in [-0.15, -0.1) is 11.3 Å². The standard InChI is InChI=1S/C35H37ClFN7O6S/c1-35(2,3)50-34(46)42-31-19(12-38)25-18(6-7-22(37)29(25)51-31)24-20-15-47-16-21(20)26-28(27(24)36)40-33(49-14-17-13-43(4)10-11-48-17)41-30(26)39-23-8-9-44(5)32(23)45/h6-7,17,23H,8-11,13-16H2,1-5H3,(H,42,46)(H,39,40,41)/t17-,23-/m1/s1. The first-order chi connectivity index (χ1) is 24.3. The second-order valence-corrected chi connectivity index (χ2v) is 15.3. The average Bonchev–Trinajstić information content (AvgIpc) is 3.78. The Morgan fingerprint density at radius 2 is 1.98 bits per heavy atom. The van der Waals surface area contributed by atoms with Gasteiger partial charge in [0.1, 0.15) is 47.1 Å². The van der Waals surface area contributed by atoms with Crippen molar-refractivity contribution in [3.63, 3.8) is 0 Å². The van der Waals surface area contributed by atoms with Crippen molar-refractivity contribution in [1.82, 2.24) is 19.8 Å². The molecule has 0 unspecified atom stereocenters. The molecule has 0 bridgehead atoms. The van der Waals surface area contributed by atoms with Gasteiger partial charge in [0.05, 0.1) is 46.0 Å². The van der Waals surface area contributed by atoms with Crippen LogP contribution in [0.25, 0.3) is 32.1 Å². The highest BCUT2D eigenvalue weighted by atomic mass is 35.5. The molecule has 2 amide bonds. The van der Waals surface area contributed by atoms with Crippen molar-refractivity contribution >= 4 is 66.7 Å². The Balaban J connectivity index is 1.40. The van der Waals surface area contributed by atoms with E-state index in [4.69, 9.17) is 40.5 Å². The molecule has 13 nitrogen and oxygen atoms in total. The van der Waals surface area contributed by atoms with E-state index in [1.54, 1.807) is 38.8 Å². The summed E-state index contributed by atoms with van der Waals surface area (Å²) in [6, 6.07) is 4.54. The van der Waals surface area contributed by atoms with E-state index >= 15 is 4.39 Å². The number of morpholine rings is 1. The minimum Gasteiger partial charge on any atom is -0.461 e. The Labute approximate surface area is 302 Å². The summed E-state index contributed by atoms with van der Waals surface area (Å²) in [5.41, 5.74) is 2.04. The summed E-state index contributed by atoms with van der Waals surface area (Å²) in [5.74, 6) is -0.255. The van der Waals surface area contributed by atoms with Gasteiger partial charge < -0.3 is 34.1 Å². The van der Waals surface area contributed by atoms with E-state index in [1.807, 2.05) is 7.05 Å². The zero-order chi connectivity index (χ0) is 36.2. The van der Waals surface area contributed by atoms with Crippen LogP contribution in [0.2, 0.25) is 5.02 Å². The number of nitriles is 1. The maximum Gasteiger partial charge on any atom is 0.412 e. The fourth-order valence-electron chi connectivity index (χ4n) is 6.69. The molecule has 268 valence electrons. The molecule has 51 heavy (non-hydrogen) atoms. The predicted octanol–water partition coefficient (Wildman–Crippen LogP) is 5.90. The highest BCUT2D eigenvalue weighted by Gasteiger charge is 2.34. The van der Waals surface area contributed by atoms with Crippen molar-refractivity contribution in [2.24, 2.45) is 0 Å². The zero-order valence-electron chi connectivity index (χ0n) is 28.8. The lowest BCUT2D eigenvalue weighted by atomic mass is 9.91. The van der Waals surface area contributed by atoms with Crippen LogP contribution in [0.15, 0.2) is 12.1 Å². The molecule has 0 radical (unpaired) electrons. The van der Waals surface area contributed by atoms with E-state index < -0.39 is 23.6 Å². The van der Waals surface area contributed by atoms with Gasteiger partial charge in [-0.2, -0.15) is 15.2 Å². The maximum atomic E-state index is 15.5. The Morgan fingerprint density at radius 3 is 2.69 bits per heavy atom. The Kier molecular flexibility index (Phi) is 9.40. The molecule has 2 N–H and O–H groups in total. The largest absolute Gasteiger partial charge is 0.461 e. The SMILES string of the molecule is CN1CCO[C@@H](COc2nc(N[C@@H]3CCN(C)C3=O)c3c4c(c(-c5ccc(F)c6sc(NC(=O)OC(C)(C)C)c(C#N)c56)c(Cl)c3n2)COC4)C1. The number of likely N-dealkylation sites (tertiary alicyclic amines) is 1. The van der Waals surface area contributed by atoms with Crippen LogP contribution < -0.4 is 15.4 Å². The number of ether oxygens (including phenoxy) is 4. The molecule has 16 heteroatoms. The summed E-state index contributed by atoms with van der Waals surface area (Å²) in [5, 5.41) is 17.6. The van der Waals surface area contributed by atoms with Crippen LogP contribution >= 0.6 is 22.9 Å². The van der Waals surface area contributed by atoms with Gasteiger partial charge in [0, 0.05) is 37.6 Å². The van der Waals surface area contributed by atoms with Crippen molar-refractivity contribution in [3.8, 4) is 23.2 Å². The molecular formula is C35H37ClFN7O6S. The van der Waals surface area contributed by atoms with Crippen molar-refractivity contribution in [1.29, 1.82) is 5.26 Å². The molecular weight excluding hydrogens is 701 g/mol. The molecule has 2 aromatic heterocycles. The van der Waals surface area contributed by atoms with Crippen molar-refractivity contribution in [3.05, 3.63) is 39.7 Å². The van der Waals surface area contributed by atoms with Gasteiger partial charge >= 0.3 is 12.1 Å². The predicted molar refractivity (Wildman–Crippen MR) is 191 cm³/mol. The smallest absolute Gasteiger partial charge is 0.412 e. The lowest BCUT2D eigenvalue weighted by molar-refractivity contribution is -0.127. The van der Waals surface area contributed by atoms with E-state index in [2.05, 4.69) is 21.6 Å². The van der Waals surface area contributed by atoms with Crippen LogP contribution in [0.4, 0.5) is 20.0 Å². The van der Waals surface area contributed by atoms with Gasteiger partial charge in [-0.25, -0.2) is 9.18 Å². The number of amides is 2. The molecule has 2 atom stereocenters. The number of nitrogens with zero attached hydrogens (tertiary/aromatic N) is 5. The first-order valence-corrected chi connectivity index (χ1v) is 17.7. The number of rotatable bonds is 7. The van der Waals surface area contributed by atoms with Crippen molar-refractivity contribution < 1.29 is 32.9 Å². The lowest BCUT2D eigenvalue weighted by Gasteiger charge is -2.29. The highest BCUT2D eigenvalue weighted by Crippen LogP contribution is 2.50. The number of carbonyl (C=O) groups excluding carboxylic acids is 2. The number of hydrogen-bond acceptors (Lipinski definition) is 12. The molecule has 0 spiro atoms. The second-order valence-electron chi connectivity index (χ2n) is 13.9. The molecule has 5 heterocycles. The third kappa shape index (κ3) is 6.74. The fraction of sp³-hybridized carbons (Fsp3) is 0.457. The number of nitrogens with one attached hydrogen (secondary N) is 2. The van der Waals surface area contributed by atoms with Crippen LogP contribution in [0.3, 0.4) is 0 Å². The van der Waals surface area contributed by atoms with Crippen molar-refractivity contribution in [2.75, 3.05) is 57.6 Å². The quantitative estimate of drug-likeness (QED) is 0.233. The first-order valence-electron chi connectivity index (χ1n) is 16.6. The normalized spacial score (nSPS) is 19.4. The number of benzene rings is 2. The number of likely N-dealkylation sites (N-methyl/N-ethyl adjacent to an activating group) is 2. The third-order valence-corrected chi connectivity index (χ3v) is 10.5. The second kappa shape index (κ2) is 13.7. The summed E-state index contributed by atoms with van der Waals surface area (Å²) < 4.78 is 39.0. The van der Waals surface area contributed by atoms with E-state index in [9.17, 15) is 14.9 Å². The summed E-state index contributed by atoms with van der Waals surface area (Å²) >= 11 is 8.27. The lowest BCUT2D eigenvalue weighted by Crippen LogP contribution is -2.42. The van der Waals surface area contributed by atoms with Crippen LogP contribution in [0, 0.1) is 17.1 Å². The van der Waals surface area contributed by atoms with Gasteiger partial charge in [0.15, 0.2) is 0 Å². The van der Waals surface area contributed by atoms with Crippen LogP contribution in [-0.4, -0.2) is 96.5 Å². The summed E-state index contributed by atoms with van der Waals surface area (Å²) in [7, 11) is 3.77. The summed E-state index contributed by atoms with van der Waals surface area (Å²) in [6.07, 6.45) is -0.401. The first kappa shape index (κ1) is 35.1. The molecule has 0 saturated carbocycles. The van der Waals surface area contributed by atoms with E-state index in [1.165, 1.54) is 6.07 Å². The van der Waals surface area contributed by atoms with Gasteiger partial charge in [-0.1, -0.05) is 17.7 Å². The average molecular weight is 738 g/mol. The number of halogens is 2. The number of carbonyl (C=O) groups is 2. The Hall–Kier alpha value is -4.33. The third-order valence-electron chi connectivity index (χ3n) is 9.04. The molecule has 0 aliphatic carbocycles. The van der Waals surface area contributed by atoms with E-state index in [0.717, 1.165) is 23.4 Å². The van der Waals surface area contributed by atoms with Gasteiger partial charge in [0.2, 0.25) is 5.91 Å². The molecule has 7 rings (SSSR count). The Morgan fingerprint density at radius 1 is 1.20 bits per heavy atom. The highest BCUT2D eigenvalue weighted by molar-refractivity contribution is 7.23. The van der Waals surface area contributed by atoms with Crippen LogP contribution in [0.5, 0.6) is 6.01 Å². The molecule has 2 aromatic carbocycles. The number of anilines is 2. The van der Waals surface area contributed by atoms with Crippen LogP contribution in [-0.2, 0) is 32.2 Å². The molecule has 2 fully saturated rings. The van der Waals surface area contributed by atoms with Crippen LogP contribution in [0.1, 0.15) is 43.9 Å². The van der Waals surface area contributed by atoms with Gasteiger partial charge in [-0.3, -0.25) is 10.1 Å². The van der Waals surface area contributed by atoms with E-state index in [-0.39, 0.29) is 63.5 Å². The number of aromatic nitrogens is 2. The molecule has 2 saturated heterocycles. The Bertz CT molecular complexity index is 2110. The number of fused-ring (bicyclic) bond motifs is 4.